The van der Waals surface area contributed by atoms with Crippen LogP contribution in [0.25, 0.3) is 23.3 Å². The van der Waals surface area contributed by atoms with E-state index >= 15 is 0 Å². The number of aliphatic hydroxyl groups excluding tert-OH is 1. The molecule has 35 heavy (non-hydrogen) atoms. The number of hydrogen-bond donors (Lipinski definition) is 3. The van der Waals surface area contributed by atoms with Crippen LogP contribution in [0.5, 0.6) is 17.2 Å². The second-order valence-corrected chi connectivity index (χ2v) is 8.24. The molecule has 7 heteroatoms. The number of rotatable bonds is 9. The summed E-state index contributed by atoms with van der Waals surface area (Å²) in [6.45, 7) is 3.00. The highest BCUT2D eigenvalue weighted by molar-refractivity contribution is 5.78. The van der Waals surface area contributed by atoms with Crippen LogP contribution in [0.1, 0.15) is 22.3 Å². The first kappa shape index (κ1) is 24.3. The Hall–Kier alpha value is -3.81. The maximum Gasteiger partial charge on any atom is 0.323 e. The number of carbonyl (C=O) groups is 1. The van der Waals surface area contributed by atoms with Crippen LogP contribution < -0.4 is 19.5 Å². The third kappa shape index (κ3) is 5.65. The molecule has 7 nitrogen and oxygen atoms in total. The first-order valence-electron chi connectivity index (χ1n) is 11.4. The van der Waals surface area contributed by atoms with Gasteiger partial charge in [0.1, 0.15) is 25.0 Å². The molecular weight excluding hydrogens is 446 g/mol. The minimum Gasteiger partial charge on any atom is -0.496 e. The van der Waals surface area contributed by atoms with E-state index in [1.165, 1.54) is 0 Å². The number of fused-ring (bicyclic) bond motifs is 1. The second kappa shape index (κ2) is 11.1. The Morgan fingerprint density at radius 1 is 1.09 bits per heavy atom. The summed E-state index contributed by atoms with van der Waals surface area (Å²) in [7, 11) is 1.58. The Morgan fingerprint density at radius 3 is 2.63 bits per heavy atom. The van der Waals surface area contributed by atoms with Crippen molar-refractivity contribution in [3.05, 3.63) is 76.9 Å². The summed E-state index contributed by atoms with van der Waals surface area (Å²) in [6, 6.07) is 16.9. The highest BCUT2D eigenvalue weighted by Crippen LogP contribution is 2.36. The van der Waals surface area contributed by atoms with Crippen LogP contribution in [0.15, 0.2) is 54.6 Å². The van der Waals surface area contributed by atoms with Gasteiger partial charge in [-0.3, -0.25) is 10.1 Å². The summed E-state index contributed by atoms with van der Waals surface area (Å²) in [5.74, 6) is 1.09. The lowest BCUT2D eigenvalue weighted by molar-refractivity contribution is -0.140. The minimum atomic E-state index is -1.10. The molecule has 1 aliphatic heterocycles. The van der Waals surface area contributed by atoms with Crippen LogP contribution in [-0.2, 0) is 11.3 Å². The number of carboxylic acid groups (broad SMARTS) is 1. The zero-order valence-electron chi connectivity index (χ0n) is 19.8. The molecule has 3 N–H and O–H groups in total. The van der Waals surface area contributed by atoms with E-state index in [2.05, 4.69) is 30.4 Å². The Bertz CT molecular complexity index is 1240. The first-order valence-corrected chi connectivity index (χ1v) is 11.4. The molecule has 0 aliphatic carbocycles. The molecule has 0 radical (unpaired) electrons. The molecule has 0 spiro atoms. The van der Waals surface area contributed by atoms with Crippen molar-refractivity contribution in [3.8, 4) is 28.4 Å². The molecule has 1 aliphatic rings. The van der Waals surface area contributed by atoms with Gasteiger partial charge in [0.05, 0.1) is 13.7 Å². The molecule has 4 rings (SSSR count). The molecule has 1 atom stereocenters. The van der Waals surface area contributed by atoms with Gasteiger partial charge in [-0.1, -0.05) is 48.6 Å². The Labute approximate surface area is 204 Å². The van der Waals surface area contributed by atoms with E-state index in [4.69, 9.17) is 19.3 Å². The molecular formula is C28H29NO6. The van der Waals surface area contributed by atoms with E-state index in [9.17, 15) is 9.90 Å². The molecule has 1 heterocycles. The molecule has 0 fully saturated rings. The normalized spacial score (nSPS) is 13.6. The lowest BCUT2D eigenvalue weighted by atomic mass is 9.95. The molecule has 0 bridgehead atoms. The lowest BCUT2D eigenvalue weighted by Crippen LogP contribution is -2.39. The summed E-state index contributed by atoms with van der Waals surface area (Å²) in [5, 5.41) is 21.1. The van der Waals surface area contributed by atoms with E-state index in [1.807, 2.05) is 48.5 Å². The highest BCUT2D eigenvalue weighted by Gasteiger charge is 2.16. The number of methoxy groups -OCH3 is 1. The third-order valence-electron chi connectivity index (χ3n) is 6.01. The smallest absolute Gasteiger partial charge is 0.323 e. The van der Waals surface area contributed by atoms with Gasteiger partial charge in [0, 0.05) is 12.1 Å². The maximum atomic E-state index is 11.1. The molecule has 3 aromatic rings. The van der Waals surface area contributed by atoms with Crippen LogP contribution in [0.2, 0.25) is 0 Å². The molecule has 0 saturated carbocycles. The van der Waals surface area contributed by atoms with Crippen molar-refractivity contribution in [2.75, 3.05) is 26.9 Å². The zero-order valence-corrected chi connectivity index (χ0v) is 19.8. The Morgan fingerprint density at radius 2 is 1.89 bits per heavy atom. The largest absolute Gasteiger partial charge is 0.496 e. The predicted molar refractivity (Wildman–Crippen MR) is 135 cm³/mol. The van der Waals surface area contributed by atoms with Crippen molar-refractivity contribution in [1.82, 2.24) is 5.32 Å². The number of nitrogens with one attached hydrogen (secondary N) is 1. The quantitative estimate of drug-likeness (QED) is 0.400. The van der Waals surface area contributed by atoms with Gasteiger partial charge in [-0.2, -0.15) is 0 Å². The summed E-state index contributed by atoms with van der Waals surface area (Å²) in [5.41, 5.74) is 6.20. The summed E-state index contributed by atoms with van der Waals surface area (Å²) in [4.78, 5) is 11.1. The average Bonchev–Trinajstić information content (AvgIpc) is 2.88. The van der Waals surface area contributed by atoms with Gasteiger partial charge in [-0.25, -0.2) is 0 Å². The predicted octanol–water partition coefficient (Wildman–Crippen LogP) is 4.15. The van der Waals surface area contributed by atoms with Gasteiger partial charge in [-0.15, -0.1) is 0 Å². The van der Waals surface area contributed by atoms with Crippen molar-refractivity contribution in [3.63, 3.8) is 0 Å². The van der Waals surface area contributed by atoms with E-state index in [1.54, 1.807) is 7.11 Å². The molecule has 3 aromatic carbocycles. The summed E-state index contributed by atoms with van der Waals surface area (Å²) < 4.78 is 16.9. The van der Waals surface area contributed by atoms with Gasteiger partial charge in [0.15, 0.2) is 11.5 Å². The van der Waals surface area contributed by atoms with Crippen molar-refractivity contribution < 1.29 is 29.2 Å². The Kier molecular flexibility index (Phi) is 7.70. The topological polar surface area (TPSA) is 97.3 Å². The third-order valence-corrected chi connectivity index (χ3v) is 6.01. The molecule has 182 valence electrons. The highest BCUT2D eigenvalue weighted by atomic mass is 16.6. The van der Waals surface area contributed by atoms with Gasteiger partial charge >= 0.3 is 5.97 Å². The van der Waals surface area contributed by atoms with Crippen molar-refractivity contribution in [1.29, 1.82) is 0 Å². The molecule has 0 saturated heterocycles. The fraction of sp³-hybridized carbons (Fsp3) is 0.250. The second-order valence-electron chi connectivity index (χ2n) is 8.24. The Balaban J connectivity index is 1.53. The van der Waals surface area contributed by atoms with Crippen molar-refractivity contribution >= 4 is 18.1 Å². The molecule has 0 amide bonds. The standard InChI is InChI=1S/C28H29NO6/c1-18-20(4-3-5-23(18)21-10-11-25-27(15-21)35-13-12-34-25)8-6-19-7-9-22(26(14-19)33-2)16-29-24(17-30)28(31)32/h3-11,14-15,24,29-30H,12-13,16-17H2,1-2H3,(H,31,32)/b8-6+/t24-/m0/s1. The summed E-state index contributed by atoms with van der Waals surface area (Å²) in [6.07, 6.45) is 4.08. The number of aliphatic hydroxyl groups is 1. The zero-order chi connectivity index (χ0) is 24.8. The van der Waals surface area contributed by atoms with Gasteiger partial charge in [0.25, 0.3) is 0 Å². The van der Waals surface area contributed by atoms with E-state index in [-0.39, 0.29) is 6.54 Å². The van der Waals surface area contributed by atoms with Gasteiger partial charge in [0.2, 0.25) is 0 Å². The van der Waals surface area contributed by atoms with Crippen LogP contribution in [0, 0.1) is 6.92 Å². The van der Waals surface area contributed by atoms with Crippen LogP contribution in [0.3, 0.4) is 0 Å². The first-order chi connectivity index (χ1) is 17.0. The van der Waals surface area contributed by atoms with Crippen LogP contribution in [-0.4, -0.2) is 49.2 Å². The van der Waals surface area contributed by atoms with E-state index < -0.39 is 18.6 Å². The van der Waals surface area contributed by atoms with E-state index in [0.29, 0.717) is 19.0 Å². The fourth-order valence-corrected chi connectivity index (χ4v) is 4.02. The SMILES string of the molecule is COc1cc(/C=C/c2cccc(-c3ccc4c(c3)OCCO4)c2C)ccc1CN[C@@H](CO)C(=O)O. The number of benzene rings is 3. The number of ether oxygens (including phenoxy) is 3. The van der Waals surface area contributed by atoms with E-state index in [0.717, 1.165) is 44.9 Å². The lowest BCUT2D eigenvalue weighted by Gasteiger charge is -2.19. The van der Waals surface area contributed by atoms with Gasteiger partial charge < -0.3 is 24.4 Å². The average molecular weight is 476 g/mol. The van der Waals surface area contributed by atoms with Crippen LogP contribution >= 0.6 is 0 Å². The minimum absolute atomic E-state index is 0.265. The van der Waals surface area contributed by atoms with Crippen molar-refractivity contribution in [2.45, 2.75) is 19.5 Å². The number of hydrogen-bond acceptors (Lipinski definition) is 6. The maximum absolute atomic E-state index is 11.1. The number of aliphatic carboxylic acids is 1. The van der Waals surface area contributed by atoms with Gasteiger partial charge in [-0.05, 0) is 52.9 Å². The van der Waals surface area contributed by atoms with Crippen molar-refractivity contribution in [2.24, 2.45) is 0 Å². The fourth-order valence-electron chi connectivity index (χ4n) is 4.02. The summed E-state index contributed by atoms with van der Waals surface area (Å²) >= 11 is 0. The number of carboxylic acids is 1. The molecule has 0 aromatic heterocycles. The molecule has 0 unspecified atom stereocenters. The monoisotopic (exact) mass is 475 g/mol. The van der Waals surface area contributed by atoms with Crippen LogP contribution in [0.4, 0.5) is 0 Å².